The van der Waals surface area contributed by atoms with Gasteiger partial charge in [-0.1, -0.05) is 6.92 Å². The molecule has 152 valence electrons. The van der Waals surface area contributed by atoms with Crippen molar-refractivity contribution in [2.75, 3.05) is 25.0 Å². The van der Waals surface area contributed by atoms with Crippen LogP contribution in [0.4, 0.5) is 5.82 Å². The molecule has 0 bridgehead atoms. The molecule has 0 radical (unpaired) electrons. The first kappa shape index (κ1) is 18.2. The Bertz CT molecular complexity index is 1050. The van der Waals surface area contributed by atoms with E-state index in [4.69, 9.17) is 4.74 Å². The maximum atomic E-state index is 12.0. The van der Waals surface area contributed by atoms with Gasteiger partial charge in [-0.15, -0.1) is 0 Å². The highest BCUT2D eigenvalue weighted by molar-refractivity contribution is 5.93. The van der Waals surface area contributed by atoms with Gasteiger partial charge in [0.1, 0.15) is 12.3 Å². The Balaban J connectivity index is 1.37. The Kier molecular flexibility index (Phi) is 4.50. The van der Waals surface area contributed by atoms with Gasteiger partial charge < -0.3 is 10.1 Å². The Morgan fingerprint density at radius 2 is 2.17 bits per heavy atom. The van der Waals surface area contributed by atoms with E-state index in [1.165, 1.54) is 6.42 Å². The zero-order valence-electron chi connectivity index (χ0n) is 16.8. The summed E-state index contributed by atoms with van der Waals surface area (Å²) in [4.78, 5) is 14.4. The van der Waals surface area contributed by atoms with Gasteiger partial charge in [0.05, 0.1) is 11.7 Å². The number of carbonyl (C=O) groups excluding carboxylic acids is 1. The van der Waals surface area contributed by atoms with Gasteiger partial charge in [0.25, 0.3) is 0 Å². The molecule has 1 aliphatic carbocycles. The van der Waals surface area contributed by atoms with Crippen LogP contribution in [0.25, 0.3) is 16.8 Å². The second kappa shape index (κ2) is 7.18. The van der Waals surface area contributed by atoms with Crippen LogP contribution in [0, 0.1) is 5.92 Å². The first-order valence-electron chi connectivity index (χ1n) is 10.3. The van der Waals surface area contributed by atoms with Crippen LogP contribution in [0.2, 0.25) is 0 Å². The average Bonchev–Trinajstić information content (AvgIpc) is 3.37. The van der Waals surface area contributed by atoms with Crippen LogP contribution in [0.3, 0.4) is 0 Å². The van der Waals surface area contributed by atoms with E-state index >= 15 is 0 Å². The molecule has 0 unspecified atom stereocenters. The van der Waals surface area contributed by atoms with Crippen molar-refractivity contribution in [2.45, 2.75) is 32.2 Å². The third kappa shape index (κ3) is 3.48. The molecule has 3 aromatic heterocycles. The molecule has 1 saturated heterocycles. The fourth-order valence-electron chi connectivity index (χ4n) is 3.91. The minimum atomic E-state index is 0.0630. The Hall–Kier alpha value is -2.87. The highest BCUT2D eigenvalue weighted by Crippen LogP contribution is 2.32. The van der Waals surface area contributed by atoms with Gasteiger partial charge in [0, 0.05) is 43.4 Å². The molecule has 8 heteroatoms. The van der Waals surface area contributed by atoms with Crippen molar-refractivity contribution < 1.29 is 9.53 Å². The smallest absolute Gasteiger partial charge is 0.228 e. The lowest BCUT2D eigenvalue weighted by molar-refractivity contribution is -0.117. The normalized spacial score (nSPS) is 19.3. The van der Waals surface area contributed by atoms with E-state index in [2.05, 4.69) is 27.3 Å². The lowest BCUT2D eigenvalue weighted by Crippen LogP contribution is -2.50. The first-order chi connectivity index (χ1) is 14.1. The number of amides is 1. The van der Waals surface area contributed by atoms with E-state index in [-0.39, 0.29) is 11.8 Å². The lowest BCUT2D eigenvalue weighted by atomic mass is 10.0. The summed E-state index contributed by atoms with van der Waals surface area (Å²) < 4.78 is 9.76. The highest BCUT2D eigenvalue weighted by atomic mass is 16.5. The number of likely N-dealkylation sites (N-methyl/N-ethyl adjacent to an activating group) is 1. The van der Waals surface area contributed by atoms with Crippen molar-refractivity contribution in [1.82, 2.24) is 24.3 Å². The predicted molar refractivity (Wildman–Crippen MR) is 110 cm³/mol. The van der Waals surface area contributed by atoms with Crippen LogP contribution in [-0.2, 0) is 11.8 Å². The zero-order valence-corrected chi connectivity index (χ0v) is 16.8. The number of aryl methyl sites for hydroxylation is 1. The Morgan fingerprint density at radius 3 is 2.90 bits per heavy atom. The van der Waals surface area contributed by atoms with Crippen LogP contribution in [-0.4, -0.2) is 55.9 Å². The maximum absolute atomic E-state index is 12.0. The van der Waals surface area contributed by atoms with E-state index in [1.54, 1.807) is 10.7 Å². The summed E-state index contributed by atoms with van der Waals surface area (Å²) >= 11 is 0. The van der Waals surface area contributed by atoms with Gasteiger partial charge in [0.15, 0.2) is 11.6 Å². The summed E-state index contributed by atoms with van der Waals surface area (Å²) in [5.74, 6) is 1.60. The molecule has 1 N–H and O–H groups in total. The van der Waals surface area contributed by atoms with E-state index in [9.17, 15) is 4.79 Å². The number of likely N-dealkylation sites (tertiary alicyclic amines) is 1. The van der Waals surface area contributed by atoms with Gasteiger partial charge >= 0.3 is 0 Å². The van der Waals surface area contributed by atoms with Gasteiger partial charge in [0.2, 0.25) is 5.91 Å². The average molecular weight is 394 g/mol. The molecule has 3 aromatic rings. The number of fused-ring (bicyclic) bond motifs is 1. The van der Waals surface area contributed by atoms with Crippen LogP contribution < -0.4 is 10.1 Å². The summed E-state index contributed by atoms with van der Waals surface area (Å²) in [6.45, 7) is 5.08. The Labute approximate surface area is 169 Å². The third-order valence-electron chi connectivity index (χ3n) is 5.94. The largest absolute Gasteiger partial charge is 0.488 e. The van der Waals surface area contributed by atoms with E-state index in [0.717, 1.165) is 48.5 Å². The first-order valence-corrected chi connectivity index (χ1v) is 10.3. The van der Waals surface area contributed by atoms with Crippen LogP contribution in [0.5, 0.6) is 5.75 Å². The molecule has 2 fully saturated rings. The summed E-state index contributed by atoms with van der Waals surface area (Å²) in [6, 6.07) is 6.43. The molecule has 1 amide bonds. The van der Waals surface area contributed by atoms with Crippen molar-refractivity contribution in [3.05, 3.63) is 30.6 Å². The molecule has 29 heavy (non-hydrogen) atoms. The molecule has 1 atom stereocenters. The third-order valence-corrected chi connectivity index (χ3v) is 5.94. The number of anilines is 1. The number of hydrogen-bond acceptors (Lipinski definition) is 5. The fraction of sp³-hybridized carbons (Fsp3) is 0.476. The minimum absolute atomic E-state index is 0.0630. The molecule has 2 aliphatic rings. The second-order valence-corrected chi connectivity index (χ2v) is 7.94. The summed E-state index contributed by atoms with van der Waals surface area (Å²) in [5, 5.41) is 11.8. The maximum Gasteiger partial charge on any atom is 0.228 e. The van der Waals surface area contributed by atoms with Gasteiger partial charge in [-0.05, 0) is 37.9 Å². The predicted octanol–water partition coefficient (Wildman–Crippen LogP) is 2.56. The quantitative estimate of drug-likeness (QED) is 0.666. The highest BCUT2D eigenvalue weighted by Gasteiger charge is 2.30. The minimum Gasteiger partial charge on any atom is -0.488 e. The standard InChI is InChI=1S/C21H26N6O2/c1-3-26-8-7-16(26)13-29-18-12-22-25(2)20(18)15-6-9-27-17(10-15)11-19(24-27)23-21(28)14-4-5-14/h6,9-12,14,16H,3-5,7-8,13H2,1-2H3,(H,23,24,28)/t16-/m0/s1. The van der Waals surface area contributed by atoms with Crippen molar-refractivity contribution in [3.63, 3.8) is 0 Å². The number of aromatic nitrogens is 4. The van der Waals surface area contributed by atoms with Crippen LogP contribution in [0.15, 0.2) is 30.6 Å². The second-order valence-electron chi connectivity index (χ2n) is 7.94. The van der Waals surface area contributed by atoms with Crippen molar-refractivity contribution in [3.8, 4) is 17.0 Å². The van der Waals surface area contributed by atoms with Crippen molar-refractivity contribution in [1.29, 1.82) is 0 Å². The number of carbonyl (C=O) groups is 1. The summed E-state index contributed by atoms with van der Waals surface area (Å²) in [5.41, 5.74) is 2.87. The van der Waals surface area contributed by atoms with Crippen molar-refractivity contribution in [2.24, 2.45) is 13.0 Å². The van der Waals surface area contributed by atoms with Crippen molar-refractivity contribution >= 4 is 17.2 Å². The van der Waals surface area contributed by atoms with Gasteiger partial charge in [-0.25, -0.2) is 4.52 Å². The summed E-state index contributed by atoms with van der Waals surface area (Å²) in [7, 11) is 1.92. The molecule has 5 rings (SSSR count). The van der Waals surface area contributed by atoms with Crippen LogP contribution in [0.1, 0.15) is 26.2 Å². The monoisotopic (exact) mass is 394 g/mol. The topological polar surface area (TPSA) is 76.7 Å². The number of nitrogens with one attached hydrogen (secondary N) is 1. The number of nitrogens with zero attached hydrogens (tertiary/aromatic N) is 5. The molecule has 4 heterocycles. The molecule has 0 spiro atoms. The Morgan fingerprint density at radius 1 is 1.31 bits per heavy atom. The SMILES string of the molecule is CCN1CC[C@H]1COc1cnn(C)c1-c1ccn2nc(NC(=O)C3CC3)cc2c1. The number of rotatable bonds is 7. The summed E-state index contributed by atoms with van der Waals surface area (Å²) in [6.07, 6.45) is 6.82. The van der Waals surface area contributed by atoms with E-state index < -0.39 is 0 Å². The van der Waals surface area contributed by atoms with Gasteiger partial charge in [-0.3, -0.25) is 14.4 Å². The molecular weight excluding hydrogens is 368 g/mol. The molecule has 1 aliphatic heterocycles. The molecule has 8 nitrogen and oxygen atoms in total. The number of hydrogen-bond donors (Lipinski definition) is 1. The number of ether oxygens (including phenoxy) is 1. The lowest BCUT2D eigenvalue weighted by Gasteiger charge is -2.39. The molecule has 1 saturated carbocycles. The zero-order chi connectivity index (χ0) is 20.0. The van der Waals surface area contributed by atoms with Crippen LogP contribution >= 0.6 is 0 Å². The van der Waals surface area contributed by atoms with Gasteiger partial charge in [-0.2, -0.15) is 10.2 Å². The molecular formula is C21H26N6O2. The molecule has 0 aromatic carbocycles. The fourth-order valence-corrected chi connectivity index (χ4v) is 3.91. The number of pyridine rings is 1. The van der Waals surface area contributed by atoms with E-state index in [0.29, 0.717) is 18.5 Å². The van der Waals surface area contributed by atoms with E-state index in [1.807, 2.05) is 36.1 Å².